The summed E-state index contributed by atoms with van der Waals surface area (Å²) in [6, 6.07) is 22.8. The van der Waals surface area contributed by atoms with E-state index in [1.54, 1.807) is 0 Å². The summed E-state index contributed by atoms with van der Waals surface area (Å²) in [5, 5.41) is 10.7. The van der Waals surface area contributed by atoms with Crippen molar-refractivity contribution in [2.75, 3.05) is 0 Å². The van der Waals surface area contributed by atoms with Crippen LogP contribution >= 0.6 is 0 Å². The van der Waals surface area contributed by atoms with Crippen molar-refractivity contribution in [1.82, 2.24) is 0 Å². The monoisotopic (exact) mass is 302 g/mol. The first-order chi connectivity index (χ1) is 11.2. The van der Waals surface area contributed by atoms with Gasteiger partial charge in [0.15, 0.2) is 0 Å². The van der Waals surface area contributed by atoms with Gasteiger partial charge in [-0.3, -0.25) is 0 Å². The molecule has 116 valence electrons. The van der Waals surface area contributed by atoms with Gasteiger partial charge in [0, 0.05) is 11.1 Å². The van der Waals surface area contributed by atoms with Gasteiger partial charge < -0.3 is 5.11 Å². The Kier molecular flexibility index (Phi) is 4.47. The van der Waals surface area contributed by atoms with Gasteiger partial charge in [0.2, 0.25) is 0 Å². The molecule has 3 aromatic rings. The lowest BCUT2D eigenvalue weighted by Gasteiger charge is -2.11. The molecule has 0 spiro atoms. The van der Waals surface area contributed by atoms with Crippen LogP contribution in [-0.2, 0) is 12.8 Å². The summed E-state index contributed by atoms with van der Waals surface area (Å²) in [6.07, 6.45) is 2.05. The molecule has 0 aliphatic rings. The smallest absolute Gasteiger partial charge is 0.131 e. The molecule has 0 aromatic heterocycles. The zero-order chi connectivity index (χ0) is 16.2. The minimum atomic E-state index is 0.348. The number of benzene rings is 3. The number of phenols is 1. The highest BCUT2D eigenvalue weighted by Gasteiger charge is 2.10. The summed E-state index contributed by atoms with van der Waals surface area (Å²) >= 11 is 0. The molecule has 0 aliphatic carbocycles. The minimum Gasteiger partial charge on any atom is -0.507 e. The van der Waals surface area contributed by atoms with Crippen molar-refractivity contribution >= 4 is 0 Å². The highest BCUT2D eigenvalue weighted by Crippen LogP contribution is 2.38. The topological polar surface area (TPSA) is 20.2 Å². The lowest BCUT2D eigenvalue weighted by atomic mass is 9.96. The molecule has 3 aromatic carbocycles. The quantitative estimate of drug-likeness (QED) is 0.641. The Balaban J connectivity index is 2.02. The Morgan fingerprint density at radius 2 is 1.00 bits per heavy atom. The number of aromatic hydroxyl groups is 1. The third kappa shape index (κ3) is 3.14. The van der Waals surface area contributed by atoms with Crippen LogP contribution in [0.15, 0.2) is 66.7 Å². The van der Waals surface area contributed by atoms with Crippen LogP contribution in [0.25, 0.3) is 22.3 Å². The van der Waals surface area contributed by atoms with Gasteiger partial charge in [0.1, 0.15) is 5.75 Å². The Morgan fingerprint density at radius 1 is 0.609 bits per heavy atom. The van der Waals surface area contributed by atoms with Crippen molar-refractivity contribution in [3.05, 3.63) is 77.9 Å². The molecule has 3 rings (SSSR count). The molecule has 0 amide bonds. The number of hydrogen-bond acceptors (Lipinski definition) is 1. The van der Waals surface area contributed by atoms with E-state index in [2.05, 4.69) is 62.4 Å². The Bertz CT molecular complexity index is 717. The fraction of sp³-hybridized carbons (Fsp3) is 0.182. The molecule has 0 radical (unpaired) electrons. The molecule has 0 saturated heterocycles. The first-order valence-corrected chi connectivity index (χ1v) is 8.23. The third-order valence-corrected chi connectivity index (χ3v) is 4.38. The third-order valence-electron chi connectivity index (χ3n) is 4.38. The molecule has 1 heteroatoms. The summed E-state index contributed by atoms with van der Waals surface area (Å²) in [5.74, 6) is 0.348. The van der Waals surface area contributed by atoms with E-state index in [-0.39, 0.29) is 0 Å². The molecular weight excluding hydrogens is 280 g/mol. The fourth-order valence-corrected chi connectivity index (χ4v) is 2.85. The molecule has 1 N–H and O–H groups in total. The summed E-state index contributed by atoms with van der Waals surface area (Å²) in [6.45, 7) is 4.29. The molecule has 0 atom stereocenters. The maximum absolute atomic E-state index is 10.7. The Hall–Kier alpha value is -2.54. The summed E-state index contributed by atoms with van der Waals surface area (Å²) in [4.78, 5) is 0. The molecule has 0 bridgehead atoms. The Labute approximate surface area is 138 Å². The fourth-order valence-electron chi connectivity index (χ4n) is 2.85. The van der Waals surface area contributed by atoms with Gasteiger partial charge in [-0.15, -0.1) is 0 Å². The van der Waals surface area contributed by atoms with Gasteiger partial charge in [-0.1, -0.05) is 80.6 Å². The van der Waals surface area contributed by atoms with Crippen LogP contribution in [0.5, 0.6) is 5.75 Å². The van der Waals surface area contributed by atoms with Crippen LogP contribution in [-0.4, -0.2) is 5.11 Å². The van der Waals surface area contributed by atoms with E-state index < -0.39 is 0 Å². The van der Waals surface area contributed by atoms with Crippen LogP contribution in [0.2, 0.25) is 0 Å². The predicted molar refractivity (Wildman–Crippen MR) is 97.7 cm³/mol. The van der Waals surface area contributed by atoms with Crippen LogP contribution in [0.3, 0.4) is 0 Å². The van der Waals surface area contributed by atoms with Crippen LogP contribution < -0.4 is 0 Å². The molecule has 0 heterocycles. The summed E-state index contributed by atoms with van der Waals surface area (Å²) in [7, 11) is 0. The lowest BCUT2D eigenvalue weighted by Crippen LogP contribution is -1.86. The van der Waals surface area contributed by atoms with E-state index in [9.17, 15) is 5.11 Å². The van der Waals surface area contributed by atoms with E-state index in [4.69, 9.17) is 0 Å². The normalized spacial score (nSPS) is 10.7. The van der Waals surface area contributed by atoms with Gasteiger partial charge in [-0.25, -0.2) is 0 Å². The van der Waals surface area contributed by atoms with E-state index in [1.165, 1.54) is 11.1 Å². The van der Waals surface area contributed by atoms with Crippen molar-refractivity contribution in [2.45, 2.75) is 26.7 Å². The largest absolute Gasteiger partial charge is 0.507 e. The maximum Gasteiger partial charge on any atom is 0.131 e. The number of hydrogen-bond donors (Lipinski definition) is 1. The second-order valence-corrected chi connectivity index (χ2v) is 5.80. The standard InChI is InChI=1S/C22H22O/c1-3-16-8-12-18(13-9-16)20-6-5-7-21(22(20)23)19-14-10-17(4-2)11-15-19/h5-15,23H,3-4H2,1-2H3. The van der Waals surface area contributed by atoms with Crippen LogP contribution in [0.4, 0.5) is 0 Å². The first kappa shape index (κ1) is 15.4. The van der Waals surface area contributed by atoms with Crippen LogP contribution in [0.1, 0.15) is 25.0 Å². The van der Waals surface area contributed by atoms with Gasteiger partial charge in [-0.05, 0) is 35.1 Å². The highest BCUT2D eigenvalue weighted by molar-refractivity contribution is 5.82. The molecule has 1 nitrogen and oxygen atoms in total. The lowest BCUT2D eigenvalue weighted by molar-refractivity contribution is 0.479. The Morgan fingerprint density at radius 3 is 1.35 bits per heavy atom. The maximum atomic E-state index is 10.7. The molecule has 0 unspecified atom stereocenters. The van der Waals surface area contributed by atoms with Crippen molar-refractivity contribution < 1.29 is 5.11 Å². The zero-order valence-corrected chi connectivity index (χ0v) is 13.7. The molecule has 23 heavy (non-hydrogen) atoms. The van der Waals surface area contributed by atoms with Gasteiger partial charge >= 0.3 is 0 Å². The molecular formula is C22H22O. The van der Waals surface area contributed by atoms with Gasteiger partial charge in [0.05, 0.1) is 0 Å². The molecule has 0 aliphatic heterocycles. The van der Waals surface area contributed by atoms with Crippen molar-refractivity contribution in [3.8, 4) is 28.0 Å². The molecule has 0 fully saturated rings. The first-order valence-electron chi connectivity index (χ1n) is 8.23. The van der Waals surface area contributed by atoms with Crippen LogP contribution in [0, 0.1) is 0 Å². The van der Waals surface area contributed by atoms with Crippen molar-refractivity contribution in [3.63, 3.8) is 0 Å². The average molecular weight is 302 g/mol. The SMILES string of the molecule is CCc1ccc(-c2cccc(-c3ccc(CC)cc3)c2O)cc1. The predicted octanol–water partition coefficient (Wildman–Crippen LogP) is 5.85. The van der Waals surface area contributed by atoms with E-state index in [0.29, 0.717) is 5.75 Å². The summed E-state index contributed by atoms with van der Waals surface area (Å²) in [5.41, 5.74) is 6.46. The summed E-state index contributed by atoms with van der Waals surface area (Å²) < 4.78 is 0. The second-order valence-electron chi connectivity index (χ2n) is 5.80. The van der Waals surface area contributed by atoms with E-state index >= 15 is 0 Å². The number of rotatable bonds is 4. The van der Waals surface area contributed by atoms with Crippen molar-refractivity contribution in [1.29, 1.82) is 0 Å². The second kappa shape index (κ2) is 6.70. The van der Waals surface area contributed by atoms with E-state index in [1.807, 2.05) is 18.2 Å². The minimum absolute atomic E-state index is 0.348. The number of aryl methyl sites for hydroxylation is 2. The van der Waals surface area contributed by atoms with Gasteiger partial charge in [0.25, 0.3) is 0 Å². The number of phenolic OH excluding ortho intramolecular Hbond substituents is 1. The highest BCUT2D eigenvalue weighted by atomic mass is 16.3. The van der Waals surface area contributed by atoms with Crippen molar-refractivity contribution in [2.24, 2.45) is 0 Å². The zero-order valence-electron chi connectivity index (χ0n) is 13.7. The number of para-hydroxylation sites is 1. The molecule has 0 saturated carbocycles. The van der Waals surface area contributed by atoms with E-state index in [0.717, 1.165) is 35.1 Å². The average Bonchev–Trinajstić information content (AvgIpc) is 2.62. The van der Waals surface area contributed by atoms with Gasteiger partial charge in [-0.2, -0.15) is 0 Å².